The third-order valence-corrected chi connectivity index (χ3v) is 4.90. The van der Waals surface area contributed by atoms with Crippen LogP contribution < -0.4 is 0 Å². The van der Waals surface area contributed by atoms with Gasteiger partial charge in [0.15, 0.2) is 4.93 Å². The largest absolute Gasteiger partial charge is 0.466 e. The number of fused-ring (bicyclic) bond motifs is 1. The zero-order valence-electron chi connectivity index (χ0n) is 12.7. The molecule has 4 nitrogen and oxygen atoms in total. The lowest BCUT2D eigenvalue weighted by molar-refractivity contribution is -0.146. The Balaban J connectivity index is 2.04. The molecule has 3 rings (SSSR count). The van der Waals surface area contributed by atoms with E-state index >= 15 is 0 Å². The molecule has 0 aliphatic carbocycles. The molecule has 0 N–H and O–H groups in total. The molecule has 1 atom stereocenters. The quantitative estimate of drug-likeness (QED) is 0.800. The highest BCUT2D eigenvalue weighted by molar-refractivity contribution is 8.00. The summed E-state index contributed by atoms with van der Waals surface area (Å²) in [6.45, 7) is 2.04. The zero-order chi connectivity index (χ0) is 16.3. The minimum atomic E-state index is -1.10. The summed E-state index contributed by atoms with van der Waals surface area (Å²) in [4.78, 5) is 24.2. The minimum absolute atomic E-state index is 0.0321. The summed E-state index contributed by atoms with van der Waals surface area (Å²) in [6, 6.07) is 16.6. The van der Waals surface area contributed by atoms with Crippen LogP contribution in [0.2, 0.25) is 0 Å². The predicted octanol–water partition coefficient (Wildman–Crippen LogP) is 3.76. The molecule has 0 saturated carbocycles. The van der Waals surface area contributed by atoms with Crippen LogP contribution in [0.4, 0.5) is 0 Å². The highest BCUT2D eigenvalue weighted by Gasteiger charge is 2.45. The van der Waals surface area contributed by atoms with Crippen molar-refractivity contribution >= 4 is 23.7 Å². The van der Waals surface area contributed by atoms with Gasteiger partial charge < -0.3 is 9.47 Å². The van der Waals surface area contributed by atoms with Crippen molar-refractivity contribution in [1.29, 1.82) is 0 Å². The minimum Gasteiger partial charge on any atom is -0.466 e. The summed E-state index contributed by atoms with van der Waals surface area (Å²) in [7, 11) is 0. The Morgan fingerprint density at radius 2 is 1.83 bits per heavy atom. The van der Waals surface area contributed by atoms with E-state index in [-0.39, 0.29) is 6.42 Å². The smallest absolute Gasteiger partial charge is 0.341 e. The average Bonchev–Trinajstić information content (AvgIpc) is 2.56. The van der Waals surface area contributed by atoms with Gasteiger partial charge in [-0.25, -0.2) is 4.79 Å². The molecule has 2 aromatic carbocycles. The molecule has 0 amide bonds. The van der Waals surface area contributed by atoms with E-state index in [1.165, 1.54) is 11.8 Å². The molecular weight excluding hydrogens is 312 g/mol. The van der Waals surface area contributed by atoms with E-state index < -0.39 is 16.9 Å². The van der Waals surface area contributed by atoms with Gasteiger partial charge in [0.2, 0.25) is 0 Å². The molecule has 0 saturated heterocycles. The van der Waals surface area contributed by atoms with E-state index in [9.17, 15) is 9.59 Å². The van der Waals surface area contributed by atoms with Crippen LogP contribution in [-0.2, 0) is 19.2 Å². The molecule has 1 aliphatic heterocycles. The van der Waals surface area contributed by atoms with Crippen LogP contribution in [0.15, 0.2) is 59.5 Å². The number of hydrogen-bond acceptors (Lipinski definition) is 5. The molecule has 0 radical (unpaired) electrons. The molecule has 0 spiro atoms. The van der Waals surface area contributed by atoms with E-state index in [0.29, 0.717) is 12.2 Å². The molecule has 5 heteroatoms. The SMILES string of the molecule is CCOC(=O)CC1(c2ccccc2)OC(=O)c2ccccc2S1. The van der Waals surface area contributed by atoms with Gasteiger partial charge >= 0.3 is 11.9 Å². The van der Waals surface area contributed by atoms with Crippen molar-refractivity contribution in [3.63, 3.8) is 0 Å². The van der Waals surface area contributed by atoms with Crippen molar-refractivity contribution in [3.8, 4) is 0 Å². The number of cyclic esters (lactones) is 1. The highest BCUT2D eigenvalue weighted by Crippen LogP contribution is 2.50. The molecule has 1 heterocycles. The van der Waals surface area contributed by atoms with Crippen LogP contribution in [-0.4, -0.2) is 18.5 Å². The molecule has 0 bridgehead atoms. The molecular formula is C18H16O4S. The summed E-state index contributed by atoms with van der Waals surface area (Å²) in [5.74, 6) is -0.816. The van der Waals surface area contributed by atoms with E-state index in [4.69, 9.17) is 9.47 Å². The summed E-state index contributed by atoms with van der Waals surface area (Å²) in [5, 5.41) is 0. The van der Waals surface area contributed by atoms with Crippen LogP contribution in [0.1, 0.15) is 29.3 Å². The Kier molecular flexibility index (Phi) is 4.39. The Morgan fingerprint density at radius 1 is 1.13 bits per heavy atom. The number of carbonyl (C=O) groups excluding carboxylic acids is 2. The van der Waals surface area contributed by atoms with Crippen molar-refractivity contribution in [1.82, 2.24) is 0 Å². The maximum Gasteiger partial charge on any atom is 0.341 e. The molecule has 23 heavy (non-hydrogen) atoms. The summed E-state index contributed by atoms with van der Waals surface area (Å²) in [6.07, 6.45) is -0.0321. The van der Waals surface area contributed by atoms with Gasteiger partial charge in [-0.15, -0.1) is 0 Å². The fraction of sp³-hybridized carbons (Fsp3) is 0.222. The monoisotopic (exact) mass is 328 g/mol. The van der Waals surface area contributed by atoms with Gasteiger partial charge in [0.05, 0.1) is 18.6 Å². The van der Waals surface area contributed by atoms with Gasteiger partial charge in [-0.05, 0) is 19.1 Å². The topological polar surface area (TPSA) is 52.6 Å². The first-order chi connectivity index (χ1) is 11.1. The van der Waals surface area contributed by atoms with Gasteiger partial charge in [-0.1, -0.05) is 54.2 Å². The first kappa shape index (κ1) is 15.6. The van der Waals surface area contributed by atoms with E-state index in [0.717, 1.165) is 10.5 Å². The normalized spacial score (nSPS) is 19.6. The summed E-state index contributed by atoms with van der Waals surface area (Å²) in [5.41, 5.74) is 1.29. The van der Waals surface area contributed by atoms with E-state index in [2.05, 4.69) is 0 Å². The molecule has 0 aromatic heterocycles. The lowest BCUT2D eigenvalue weighted by Gasteiger charge is -2.36. The maximum absolute atomic E-state index is 12.4. The van der Waals surface area contributed by atoms with Crippen LogP contribution in [0.3, 0.4) is 0 Å². The summed E-state index contributed by atoms with van der Waals surface area (Å²) >= 11 is 1.37. The maximum atomic E-state index is 12.4. The Bertz CT molecular complexity index is 729. The van der Waals surface area contributed by atoms with Crippen molar-refractivity contribution in [2.24, 2.45) is 0 Å². The molecule has 0 fully saturated rings. The first-order valence-electron chi connectivity index (χ1n) is 7.37. The summed E-state index contributed by atoms with van der Waals surface area (Å²) < 4.78 is 10.8. The molecule has 1 aliphatic rings. The second-order valence-electron chi connectivity index (χ2n) is 5.09. The van der Waals surface area contributed by atoms with Crippen LogP contribution in [0.5, 0.6) is 0 Å². The third-order valence-electron chi connectivity index (χ3n) is 3.54. The van der Waals surface area contributed by atoms with Gasteiger partial charge in [0.1, 0.15) is 0 Å². The Morgan fingerprint density at radius 3 is 2.57 bits per heavy atom. The van der Waals surface area contributed by atoms with Crippen LogP contribution in [0.25, 0.3) is 0 Å². The average molecular weight is 328 g/mol. The van der Waals surface area contributed by atoms with Crippen LogP contribution in [0, 0.1) is 0 Å². The van der Waals surface area contributed by atoms with E-state index in [1.807, 2.05) is 42.5 Å². The van der Waals surface area contributed by atoms with Gasteiger partial charge in [-0.3, -0.25) is 4.79 Å². The van der Waals surface area contributed by atoms with Crippen molar-refractivity contribution in [3.05, 3.63) is 65.7 Å². The van der Waals surface area contributed by atoms with Crippen LogP contribution >= 0.6 is 11.8 Å². The number of ether oxygens (including phenoxy) is 2. The number of rotatable bonds is 4. The van der Waals surface area contributed by atoms with Crippen molar-refractivity contribution in [2.75, 3.05) is 6.61 Å². The third kappa shape index (κ3) is 3.10. The van der Waals surface area contributed by atoms with Crippen molar-refractivity contribution in [2.45, 2.75) is 23.2 Å². The number of carbonyl (C=O) groups is 2. The fourth-order valence-corrected chi connectivity index (χ4v) is 3.84. The van der Waals surface area contributed by atoms with Gasteiger partial charge in [0.25, 0.3) is 0 Å². The number of benzene rings is 2. The predicted molar refractivity (Wildman–Crippen MR) is 87.1 cm³/mol. The number of hydrogen-bond donors (Lipinski definition) is 0. The highest BCUT2D eigenvalue weighted by atomic mass is 32.2. The second-order valence-corrected chi connectivity index (χ2v) is 6.39. The lowest BCUT2D eigenvalue weighted by atomic mass is 10.1. The zero-order valence-corrected chi connectivity index (χ0v) is 13.5. The van der Waals surface area contributed by atoms with E-state index in [1.54, 1.807) is 19.1 Å². The van der Waals surface area contributed by atoms with Gasteiger partial charge in [0, 0.05) is 10.5 Å². The van der Waals surface area contributed by atoms with Gasteiger partial charge in [-0.2, -0.15) is 0 Å². The molecule has 2 aromatic rings. The standard InChI is InChI=1S/C18H16O4S/c1-2-21-16(19)12-18(13-8-4-3-5-9-13)22-17(20)14-10-6-7-11-15(14)23-18/h3-11H,2,12H2,1H3. The number of esters is 2. The number of thioether (sulfide) groups is 1. The first-order valence-corrected chi connectivity index (χ1v) is 8.19. The molecule has 1 unspecified atom stereocenters. The fourth-order valence-electron chi connectivity index (χ4n) is 2.51. The lowest BCUT2D eigenvalue weighted by Crippen LogP contribution is -2.35. The second kappa shape index (κ2) is 6.46. The van der Waals surface area contributed by atoms with Crippen molar-refractivity contribution < 1.29 is 19.1 Å². The Labute approximate surface area is 138 Å². The Hall–Kier alpha value is -2.27. The molecule has 118 valence electrons.